The van der Waals surface area contributed by atoms with Crippen LogP contribution in [0.4, 0.5) is 8.78 Å². The van der Waals surface area contributed by atoms with Gasteiger partial charge in [-0.05, 0) is 108 Å². The molecule has 312 valence electrons. The minimum atomic E-state index is -0.545. The number of H-pyrrole nitrogens is 2. The summed E-state index contributed by atoms with van der Waals surface area (Å²) in [7, 11) is 0. The predicted octanol–water partition coefficient (Wildman–Crippen LogP) is 10.1. The molecule has 0 spiro atoms. The standard InChI is InChI=1S/C49H47ClF2N6O3/c1-2-38(39-18-15-36(50)30-44(39)52)47(34-14-20-45-35(29-34)31-53-54-45)33-12-16-37(17-13-33)61-26-8-4-3-7-21-57-22-24-58(25-23-57)49(60)42-27-32(11-19-43(42)51)28-46-40-9-5-6-10-41(40)48(59)56-55-46/h5-6,9-20,27,29-31H,2-4,7-8,21-26,28H2,1H3,(H,53,54)(H,56,59)/b47-38+. The molecule has 1 saturated heterocycles. The zero-order valence-electron chi connectivity index (χ0n) is 34.0. The number of allylic oxidation sites excluding steroid dienone is 1. The number of amides is 1. The summed E-state index contributed by atoms with van der Waals surface area (Å²) in [4.78, 5) is 29.8. The van der Waals surface area contributed by atoms with Gasteiger partial charge in [-0.3, -0.25) is 19.6 Å². The predicted molar refractivity (Wildman–Crippen MR) is 238 cm³/mol. The number of carbonyl (C=O) groups excluding carboxylic acids is 1. The molecule has 1 amide bonds. The number of hydrogen-bond donors (Lipinski definition) is 2. The van der Waals surface area contributed by atoms with Crippen LogP contribution >= 0.6 is 11.6 Å². The molecule has 9 nitrogen and oxygen atoms in total. The number of aromatic nitrogens is 4. The normalized spacial score (nSPS) is 13.8. The molecule has 2 aromatic heterocycles. The minimum Gasteiger partial charge on any atom is -0.494 e. The number of unbranched alkanes of at least 4 members (excludes halogenated alkanes) is 3. The largest absolute Gasteiger partial charge is 0.494 e. The number of halogens is 3. The third kappa shape index (κ3) is 9.58. The van der Waals surface area contributed by atoms with Crippen molar-refractivity contribution in [1.29, 1.82) is 0 Å². The van der Waals surface area contributed by atoms with Crippen LogP contribution in [0.15, 0.2) is 114 Å². The van der Waals surface area contributed by atoms with Crippen molar-refractivity contribution in [3.63, 3.8) is 0 Å². The van der Waals surface area contributed by atoms with Crippen LogP contribution in [0.1, 0.15) is 77.3 Å². The average molecular weight is 841 g/mol. The molecule has 7 aromatic rings. The van der Waals surface area contributed by atoms with E-state index in [1.807, 2.05) is 55.5 Å². The minimum absolute atomic E-state index is 0.0551. The summed E-state index contributed by atoms with van der Waals surface area (Å²) in [5.41, 5.74) is 6.40. The fourth-order valence-electron chi connectivity index (χ4n) is 8.24. The average Bonchev–Trinajstić information content (AvgIpc) is 3.76. The van der Waals surface area contributed by atoms with Crippen LogP contribution in [-0.4, -0.2) is 75.4 Å². The number of rotatable bonds is 15. The van der Waals surface area contributed by atoms with Gasteiger partial charge >= 0.3 is 0 Å². The van der Waals surface area contributed by atoms with Gasteiger partial charge in [0.05, 0.1) is 35.0 Å². The lowest BCUT2D eigenvalue weighted by Crippen LogP contribution is -2.49. The second kappa shape index (κ2) is 19.0. The van der Waals surface area contributed by atoms with Crippen molar-refractivity contribution in [3.8, 4) is 5.75 Å². The van der Waals surface area contributed by atoms with Crippen molar-refractivity contribution in [1.82, 2.24) is 30.2 Å². The molecule has 8 rings (SSSR count). The molecular weight excluding hydrogens is 794 g/mol. The maximum atomic E-state index is 15.3. The molecule has 0 saturated carbocycles. The van der Waals surface area contributed by atoms with E-state index < -0.39 is 5.82 Å². The van der Waals surface area contributed by atoms with E-state index in [2.05, 4.69) is 31.4 Å². The number of fused-ring (bicyclic) bond motifs is 2. The first-order chi connectivity index (χ1) is 29.7. The van der Waals surface area contributed by atoms with Gasteiger partial charge in [-0.1, -0.05) is 79.9 Å². The lowest BCUT2D eigenvalue weighted by Gasteiger charge is -2.35. The van der Waals surface area contributed by atoms with Crippen LogP contribution in [-0.2, 0) is 6.42 Å². The van der Waals surface area contributed by atoms with Crippen molar-refractivity contribution < 1.29 is 18.3 Å². The summed E-state index contributed by atoms with van der Waals surface area (Å²) in [5, 5.41) is 16.6. The van der Waals surface area contributed by atoms with Crippen molar-refractivity contribution in [2.24, 2.45) is 0 Å². The van der Waals surface area contributed by atoms with Crippen LogP contribution in [0.3, 0.4) is 0 Å². The van der Waals surface area contributed by atoms with Gasteiger partial charge in [-0.2, -0.15) is 10.2 Å². The van der Waals surface area contributed by atoms with Gasteiger partial charge in [0.15, 0.2) is 0 Å². The van der Waals surface area contributed by atoms with E-state index in [-0.39, 0.29) is 22.8 Å². The zero-order chi connectivity index (χ0) is 42.3. The Morgan fingerprint density at radius 3 is 2.34 bits per heavy atom. The molecule has 1 fully saturated rings. The molecule has 2 N–H and O–H groups in total. The van der Waals surface area contributed by atoms with E-state index in [1.54, 1.807) is 47.5 Å². The number of nitrogens with zero attached hydrogens (tertiary/aromatic N) is 4. The Hall–Kier alpha value is -6.17. The maximum absolute atomic E-state index is 15.3. The second-order valence-electron chi connectivity index (χ2n) is 15.5. The third-order valence-electron chi connectivity index (χ3n) is 11.5. The van der Waals surface area contributed by atoms with Crippen molar-refractivity contribution >= 4 is 50.3 Å². The van der Waals surface area contributed by atoms with Crippen LogP contribution in [0.2, 0.25) is 5.02 Å². The summed E-state index contributed by atoms with van der Waals surface area (Å²) in [6, 6.07) is 30.8. The fraction of sp³-hybridized carbons (Fsp3) is 0.265. The van der Waals surface area contributed by atoms with Crippen LogP contribution in [0, 0.1) is 11.6 Å². The molecule has 0 unspecified atom stereocenters. The molecule has 0 radical (unpaired) electrons. The quantitative estimate of drug-likeness (QED) is 0.0787. The Morgan fingerprint density at radius 1 is 0.787 bits per heavy atom. The summed E-state index contributed by atoms with van der Waals surface area (Å²) in [5.74, 6) is -0.430. The molecule has 12 heteroatoms. The summed E-state index contributed by atoms with van der Waals surface area (Å²) in [6.45, 7) is 6.13. The van der Waals surface area contributed by atoms with E-state index in [0.29, 0.717) is 54.2 Å². The second-order valence-corrected chi connectivity index (χ2v) is 15.9. The number of ether oxygens (including phenoxy) is 1. The molecular formula is C49H47ClF2N6O3. The van der Waals surface area contributed by atoms with Crippen LogP contribution in [0.5, 0.6) is 5.75 Å². The highest BCUT2D eigenvalue weighted by molar-refractivity contribution is 6.30. The van der Waals surface area contributed by atoms with Gasteiger partial charge in [0.25, 0.3) is 11.5 Å². The Kier molecular flexibility index (Phi) is 13.0. The maximum Gasteiger partial charge on any atom is 0.272 e. The molecule has 5 aromatic carbocycles. The van der Waals surface area contributed by atoms with E-state index in [1.165, 1.54) is 12.1 Å². The van der Waals surface area contributed by atoms with E-state index >= 15 is 4.39 Å². The number of benzene rings is 5. The highest BCUT2D eigenvalue weighted by Gasteiger charge is 2.25. The van der Waals surface area contributed by atoms with E-state index in [4.69, 9.17) is 16.3 Å². The highest BCUT2D eigenvalue weighted by atomic mass is 35.5. The number of nitrogens with one attached hydrogen (secondary N) is 2. The molecule has 61 heavy (non-hydrogen) atoms. The third-order valence-corrected chi connectivity index (χ3v) is 11.7. The van der Waals surface area contributed by atoms with E-state index in [9.17, 15) is 14.0 Å². The fourth-order valence-corrected chi connectivity index (χ4v) is 8.40. The van der Waals surface area contributed by atoms with Crippen molar-refractivity contribution in [2.45, 2.75) is 45.4 Å². The topological polar surface area (TPSA) is 107 Å². The van der Waals surface area contributed by atoms with Gasteiger partial charge in [0.2, 0.25) is 0 Å². The van der Waals surface area contributed by atoms with Crippen molar-refractivity contribution in [3.05, 3.63) is 170 Å². The first kappa shape index (κ1) is 41.6. The summed E-state index contributed by atoms with van der Waals surface area (Å²) in [6.07, 6.45) is 6.82. The lowest BCUT2D eigenvalue weighted by atomic mass is 9.87. The van der Waals surface area contributed by atoms with Gasteiger partial charge in [-0.25, -0.2) is 13.9 Å². The Labute approximate surface area is 358 Å². The smallest absolute Gasteiger partial charge is 0.272 e. The summed E-state index contributed by atoms with van der Waals surface area (Å²) >= 11 is 6.11. The van der Waals surface area contributed by atoms with Crippen LogP contribution < -0.4 is 10.3 Å². The number of piperazine rings is 1. The number of aromatic amines is 2. The number of carbonyl (C=O) groups is 1. The highest BCUT2D eigenvalue weighted by Crippen LogP contribution is 2.37. The first-order valence-electron chi connectivity index (χ1n) is 20.9. The van der Waals surface area contributed by atoms with Gasteiger partial charge < -0.3 is 9.64 Å². The molecule has 0 atom stereocenters. The molecule has 3 heterocycles. The number of hydrogen-bond acceptors (Lipinski definition) is 6. The van der Waals surface area contributed by atoms with E-state index in [0.717, 1.165) is 95.2 Å². The monoisotopic (exact) mass is 840 g/mol. The van der Waals surface area contributed by atoms with Crippen molar-refractivity contribution in [2.75, 3.05) is 39.3 Å². The molecule has 0 bridgehead atoms. The summed E-state index contributed by atoms with van der Waals surface area (Å²) < 4.78 is 36.4. The van der Waals surface area contributed by atoms with Crippen LogP contribution in [0.25, 0.3) is 32.8 Å². The molecule has 1 aliphatic rings. The Balaban J connectivity index is 0.797. The lowest BCUT2D eigenvalue weighted by molar-refractivity contribution is 0.0630. The SMILES string of the molecule is CC/C(=C(/c1ccc(OCCCCCCN2CCN(C(=O)c3cc(Cc4n[nH]c(=O)c5ccccc45)ccc3F)CC2)cc1)c1ccc2[nH]ncc2c1)c1ccc(Cl)cc1F. The molecule has 1 aliphatic heterocycles. The van der Waals surface area contributed by atoms with Gasteiger partial charge in [-0.15, -0.1) is 0 Å². The Bertz CT molecular complexity index is 2760. The van der Waals surface area contributed by atoms with Gasteiger partial charge in [0.1, 0.15) is 17.4 Å². The first-order valence-corrected chi connectivity index (χ1v) is 21.2. The zero-order valence-corrected chi connectivity index (χ0v) is 34.8. The Morgan fingerprint density at radius 2 is 1.56 bits per heavy atom. The molecule has 0 aliphatic carbocycles. The van der Waals surface area contributed by atoms with Gasteiger partial charge in [0, 0.05) is 54.0 Å².